The van der Waals surface area contributed by atoms with Crippen molar-refractivity contribution in [2.45, 2.75) is 88.6 Å². The molecule has 1 aromatic carbocycles. The lowest BCUT2D eigenvalue weighted by molar-refractivity contribution is -0.123. The predicted octanol–water partition coefficient (Wildman–Crippen LogP) is 3.51. The number of amides is 2. The van der Waals surface area contributed by atoms with Gasteiger partial charge in [-0.25, -0.2) is 0 Å². The van der Waals surface area contributed by atoms with Gasteiger partial charge in [0.1, 0.15) is 0 Å². The highest BCUT2D eigenvalue weighted by Crippen LogP contribution is 2.33. The van der Waals surface area contributed by atoms with Gasteiger partial charge in [-0.1, -0.05) is 55.5 Å². The second kappa shape index (κ2) is 11.0. The van der Waals surface area contributed by atoms with Crippen LogP contribution >= 0.6 is 0 Å². The fraction of sp³-hybridized carbons (Fsp3) is 0.704. The predicted molar refractivity (Wildman–Crippen MR) is 130 cm³/mol. The van der Waals surface area contributed by atoms with Crippen LogP contribution in [0, 0.1) is 6.92 Å². The van der Waals surface area contributed by atoms with Crippen LogP contribution in [-0.2, 0) is 20.7 Å². The Hall–Kier alpha value is -1.92. The molecule has 6 heteroatoms. The summed E-state index contributed by atoms with van der Waals surface area (Å²) in [5, 5.41) is 6.53. The molecule has 2 saturated heterocycles. The monoisotopic (exact) mass is 455 g/mol. The standard InChI is InChI=1S/C27H41N3O3/c1-22-6-8-23(9-7-22)20-26(15-11-25(32)29-26)14-10-24(31)28-21-27(12-4-2-3-5-13-27)30-16-18-33-19-17-30/h6-9H,2-5,10-21H2,1H3,(H,28,31)(H,29,32)/t26-/m0/s1. The average Bonchev–Trinajstić information content (AvgIpc) is 3.04. The maximum atomic E-state index is 13.0. The highest BCUT2D eigenvalue weighted by atomic mass is 16.5. The normalized spacial score (nSPS) is 25.9. The van der Waals surface area contributed by atoms with Crippen molar-refractivity contribution >= 4 is 11.8 Å². The molecule has 1 atom stereocenters. The molecule has 1 aliphatic carbocycles. The second-order valence-corrected chi connectivity index (χ2v) is 10.5. The van der Waals surface area contributed by atoms with Crippen molar-refractivity contribution in [3.05, 3.63) is 35.4 Å². The van der Waals surface area contributed by atoms with Crippen molar-refractivity contribution in [1.29, 1.82) is 0 Å². The fourth-order valence-electron chi connectivity index (χ4n) is 6.01. The van der Waals surface area contributed by atoms with Crippen LogP contribution in [0.4, 0.5) is 0 Å². The van der Waals surface area contributed by atoms with Crippen LogP contribution in [0.1, 0.15) is 75.3 Å². The lowest BCUT2D eigenvalue weighted by atomic mass is 9.84. The van der Waals surface area contributed by atoms with E-state index in [1.807, 2.05) is 0 Å². The fourth-order valence-corrected chi connectivity index (χ4v) is 6.01. The number of hydrogen-bond acceptors (Lipinski definition) is 4. The van der Waals surface area contributed by atoms with Gasteiger partial charge in [-0.3, -0.25) is 14.5 Å². The molecule has 0 radical (unpaired) electrons. The Balaban J connectivity index is 1.36. The molecular weight excluding hydrogens is 414 g/mol. The largest absolute Gasteiger partial charge is 0.379 e. The van der Waals surface area contributed by atoms with E-state index in [1.165, 1.54) is 36.8 Å². The molecule has 2 N–H and O–H groups in total. The van der Waals surface area contributed by atoms with Gasteiger partial charge in [0, 0.05) is 43.6 Å². The first-order chi connectivity index (χ1) is 16.0. The number of hydrogen-bond donors (Lipinski definition) is 2. The molecule has 182 valence electrons. The zero-order chi connectivity index (χ0) is 23.2. The second-order valence-electron chi connectivity index (χ2n) is 10.5. The highest BCUT2D eigenvalue weighted by Gasteiger charge is 2.40. The van der Waals surface area contributed by atoms with E-state index in [-0.39, 0.29) is 22.9 Å². The Bertz CT molecular complexity index is 795. The van der Waals surface area contributed by atoms with E-state index in [1.54, 1.807) is 0 Å². The van der Waals surface area contributed by atoms with Crippen molar-refractivity contribution in [1.82, 2.24) is 15.5 Å². The van der Waals surface area contributed by atoms with Crippen molar-refractivity contribution in [3.8, 4) is 0 Å². The maximum Gasteiger partial charge on any atom is 0.220 e. The minimum absolute atomic E-state index is 0.0666. The lowest BCUT2D eigenvalue weighted by Crippen LogP contribution is -2.58. The molecule has 0 aromatic heterocycles. The van der Waals surface area contributed by atoms with Crippen LogP contribution in [0.5, 0.6) is 0 Å². The maximum absolute atomic E-state index is 13.0. The van der Waals surface area contributed by atoms with Crippen molar-refractivity contribution < 1.29 is 14.3 Å². The molecule has 1 aromatic rings. The van der Waals surface area contributed by atoms with Gasteiger partial charge in [0.2, 0.25) is 11.8 Å². The van der Waals surface area contributed by atoms with Crippen LogP contribution in [0.25, 0.3) is 0 Å². The Morgan fingerprint density at radius 2 is 1.76 bits per heavy atom. The van der Waals surface area contributed by atoms with E-state index < -0.39 is 0 Å². The number of benzene rings is 1. The van der Waals surface area contributed by atoms with Crippen molar-refractivity contribution in [2.75, 3.05) is 32.8 Å². The zero-order valence-corrected chi connectivity index (χ0v) is 20.3. The van der Waals surface area contributed by atoms with Crippen LogP contribution < -0.4 is 10.6 Å². The number of morpholine rings is 1. The molecule has 6 nitrogen and oxygen atoms in total. The van der Waals surface area contributed by atoms with Crippen LogP contribution in [-0.4, -0.2) is 60.6 Å². The lowest BCUT2D eigenvalue weighted by Gasteiger charge is -2.46. The summed E-state index contributed by atoms with van der Waals surface area (Å²) in [4.78, 5) is 27.7. The summed E-state index contributed by atoms with van der Waals surface area (Å²) in [5.74, 6) is 0.212. The highest BCUT2D eigenvalue weighted by molar-refractivity contribution is 5.80. The quantitative estimate of drug-likeness (QED) is 0.589. The minimum atomic E-state index is -0.312. The smallest absolute Gasteiger partial charge is 0.220 e. The number of ether oxygens (including phenoxy) is 1. The third-order valence-electron chi connectivity index (χ3n) is 8.06. The summed E-state index contributed by atoms with van der Waals surface area (Å²) in [6.45, 7) is 6.30. The summed E-state index contributed by atoms with van der Waals surface area (Å²) >= 11 is 0. The topological polar surface area (TPSA) is 70.7 Å². The van der Waals surface area contributed by atoms with E-state index in [0.717, 1.165) is 58.5 Å². The van der Waals surface area contributed by atoms with E-state index in [4.69, 9.17) is 4.74 Å². The van der Waals surface area contributed by atoms with Gasteiger partial charge in [-0.2, -0.15) is 0 Å². The van der Waals surface area contributed by atoms with Crippen LogP contribution in [0.15, 0.2) is 24.3 Å². The van der Waals surface area contributed by atoms with Gasteiger partial charge >= 0.3 is 0 Å². The van der Waals surface area contributed by atoms with Gasteiger partial charge in [0.25, 0.3) is 0 Å². The number of nitrogens with zero attached hydrogens (tertiary/aromatic N) is 1. The molecule has 2 aliphatic heterocycles. The third kappa shape index (κ3) is 6.36. The van der Waals surface area contributed by atoms with Crippen molar-refractivity contribution in [2.24, 2.45) is 0 Å². The Morgan fingerprint density at radius 1 is 1.06 bits per heavy atom. The van der Waals surface area contributed by atoms with Gasteiger partial charge in [-0.15, -0.1) is 0 Å². The van der Waals surface area contributed by atoms with Gasteiger partial charge < -0.3 is 15.4 Å². The average molecular weight is 456 g/mol. The van der Waals surface area contributed by atoms with Gasteiger partial charge in [-0.05, 0) is 44.6 Å². The molecule has 3 fully saturated rings. The number of nitrogens with one attached hydrogen (secondary N) is 2. The number of carbonyl (C=O) groups is 2. The SMILES string of the molecule is Cc1ccc(C[C@]2(CCC(=O)NCC3(N4CCOCC4)CCCCCC3)CCC(=O)N2)cc1. The van der Waals surface area contributed by atoms with Crippen LogP contribution in [0.3, 0.4) is 0 Å². The van der Waals surface area contributed by atoms with Crippen LogP contribution in [0.2, 0.25) is 0 Å². The Kier molecular flexibility index (Phi) is 8.07. The summed E-state index contributed by atoms with van der Waals surface area (Å²) in [7, 11) is 0. The molecule has 4 rings (SSSR count). The van der Waals surface area contributed by atoms with Gasteiger partial charge in [0.15, 0.2) is 0 Å². The Morgan fingerprint density at radius 3 is 2.39 bits per heavy atom. The number of carbonyl (C=O) groups excluding carboxylic acids is 2. The molecule has 2 heterocycles. The summed E-state index contributed by atoms with van der Waals surface area (Å²) < 4.78 is 5.60. The first-order valence-corrected chi connectivity index (χ1v) is 12.9. The molecular formula is C27H41N3O3. The van der Waals surface area contributed by atoms with E-state index in [2.05, 4.69) is 46.7 Å². The van der Waals surface area contributed by atoms with E-state index in [0.29, 0.717) is 19.3 Å². The van der Waals surface area contributed by atoms with E-state index in [9.17, 15) is 9.59 Å². The summed E-state index contributed by atoms with van der Waals surface area (Å²) in [6, 6.07) is 8.51. The third-order valence-corrected chi connectivity index (χ3v) is 8.06. The van der Waals surface area contributed by atoms with Crippen molar-refractivity contribution in [3.63, 3.8) is 0 Å². The minimum Gasteiger partial charge on any atom is -0.379 e. The molecule has 1 saturated carbocycles. The van der Waals surface area contributed by atoms with Gasteiger partial charge in [0.05, 0.1) is 13.2 Å². The number of rotatable bonds is 8. The molecule has 0 unspecified atom stereocenters. The first kappa shape index (κ1) is 24.2. The summed E-state index contributed by atoms with van der Waals surface area (Å²) in [6.07, 6.45) is 10.6. The zero-order valence-electron chi connectivity index (χ0n) is 20.3. The molecule has 0 bridgehead atoms. The molecule has 0 spiro atoms. The Labute approximate surface area is 198 Å². The molecule has 33 heavy (non-hydrogen) atoms. The summed E-state index contributed by atoms with van der Waals surface area (Å²) in [5.41, 5.74) is 2.20. The van der Waals surface area contributed by atoms with E-state index >= 15 is 0 Å². The first-order valence-electron chi connectivity index (χ1n) is 12.9. The molecule has 2 amide bonds. The molecule has 3 aliphatic rings. The number of aryl methyl sites for hydroxylation is 1.